The van der Waals surface area contributed by atoms with Crippen LogP contribution in [0.15, 0.2) is 41.3 Å². The molecular formula is C28H34N6O2S. The normalized spacial score (nSPS) is 17.5. The topological polar surface area (TPSA) is 73.2 Å². The van der Waals surface area contributed by atoms with Gasteiger partial charge in [-0.3, -0.25) is 18.9 Å². The maximum absolute atomic E-state index is 14.2. The van der Waals surface area contributed by atoms with Crippen LogP contribution in [0.25, 0.3) is 26.1 Å². The zero-order chi connectivity index (χ0) is 25.5. The van der Waals surface area contributed by atoms with Gasteiger partial charge < -0.3 is 15.1 Å². The number of benzene rings is 1. The average molecular weight is 519 g/mol. The number of carbonyl (C=O) groups excluding carboxylic acids is 1. The van der Waals surface area contributed by atoms with Crippen LogP contribution in [0.5, 0.6) is 0 Å². The summed E-state index contributed by atoms with van der Waals surface area (Å²) >= 11 is 1.48. The number of carbonyl (C=O) groups is 1. The second kappa shape index (κ2) is 10.0. The molecule has 0 saturated carbocycles. The van der Waals surface area contributed by atoms with Crippen LogP contribution in [0.4, 0.5) is 5.69 Å². The van der Waals surface area contributed by atoms with E-state index in [9.17, 15) is 9.59 Å². The smallest absolute Gasteiger partial charge is 0.258 e. The fourth-order valence-corrected chi connectivity index (χ4v) is 6.96. The van der Waals surface area contributed by atoms with E-state index in [1.54, 1.807) is 6.20 Å². The molecular weight excluding hydrogens is 484 g/mol. The molecule has 0 spiro atoms. The molecule has 3 aromatic heterocycles. The third-order valence-electron chi connectivity index (χ3n) is 7.83. The molecule has 2 aliphatic heterocycles. The Bertz CT molecular complexity index is 1510. The summed E-state index contributed by atoms with van der Waals surface area (Å²) in [6.45, 7) is 11.5. The number of nitrogens with zero attached hydrogens (tertiary/aromatic N) is 5. The molecule has 0 atom stereocenters. The maximum Gasteiger partial charge on any atom is 0.258 e. The summed E-state index contributed by atoms with van der Waals surface area (Å²) in [7, 11) is 0. The molecule has 194 valence electrons. The summed E-state index contributed by atoms with van der Waals surface area (Å²) in [5.74, 6) is -0.297. The van der Waals surface area contributed by atoms with Crippen LogP contribution in [-0.4, -0.2) is 83.5 Å². The van der Waals surface area contributed by atoms with Crippen molar-refractivity contribution in [3.05, 3.63) is 52.3 Å². The van der Waals surface area contributed by atoms with Crippen molar-refractivity contribution in [1.29, 1.82) is 0 Å². The van der Waals surface area contributed by atoms with Gasteiger partial charge in [0.15, 0.2) is 5.65 Å². The molecule has 9 heteroatoms. The van der Waals surface area contributed by atoms with Crippen molar-refractivity contribution in [2.75, 3.05) is 57.3 Å². The average Bonchev–Trinajstić information content (AvgIpc) is 3.56. The second-order valence-electron chi connectivity index (χ2n) is 10.4. The first kappa shape index (κ1) is 24.3. The Morgan fingerprint density at radius 1 is 1.05 bits per heavy atom. The predicted octanol–water partition coefficient (Wildman–Crippen LogP) is 3.42. The third-order valence-corrected chi connectivity index (χ3v) is 8.97. The minimum atomic E-state index is -0.297. The summed E-state index contributed by atoms with van der Waals surface area (Å²) in [5.41, 5.74) is 2.46. The van der Waals surface area contributed by atoms with Crippen molar-refractivity contribution in [2.24, 2.45) is 0 Å². The molecule has 1 N–H and O–H groups in total. The zero-order valence-electron chi connectivity index (χ0n) is 21.6. The number of thiazole rings is 1. The van der Waals surface area contributed by atoms with E-state index in [1.807, 2.05) is 34.7 Å². The van der Waals surface area contributed by atoms with Crippen molar-refractivity contribution in [1.82, 2.24) is 24.5 Å². The summed E-state index contributed by atoms with van der Waals surface area (Å²) in [4.78, 5) is 40.2. The van der Waals surface area contributed by atoms with Crippen molar-refractivity contribution in [3.63, 3.8) is 0 Å². The molecule has 2 saturated heterocycles. The minimum Gasteiger partial charge on any atom is -0.368 e. The van der Waals surface area contributed by atoms with Gasteiger partial charge in [-0.2, -0.15) is 0 Å². The minimum absolute atomic E-state index is 0.227. The molecule has 8 nitrogen and oxygen atoms in total. The summed E-state index contributed by atoms with van der Waals surface area (Å²) in [6, 6.07) is 10.5. The number of pyridine rings is 2. The molecule has 1 aromatic carbocycles. The van der Waals surface area contributed by atoms with Gasteiger partial charge in [-0.25, -0.2) is 4.98 Å². The Balaban J connectivity index is 1.47. The van der Waals surface area contributed by atoms with E-state index in [0.717, 1.165) is 61.7 Å². The van der Waals surface area contributed by atoms with Gasteiger partial charge in [0.1, 0.15) is 10.4 Å². The van der Waals surface area contributed by atoms with E-state index in [-0.39, 0.29) is 16.9 Å². The van der Waals surface area contributed by atoms with Gasteiger partial charge in [-0.1, -0.05) is 12.1 Å². The molecule has 4 aromatic rings. The van der Waals surface area contributed by atoms with Gasteiger partial charge in [0.2, 0.25) is 5.43 Å². The number of piperazine rings is 1. The highest BCUT2D eigenvalue weighted by molar-refractivity contribution is 7.24. The first-order valence-electron chi connectivity index (χ1n) is 13.4. The number of para-hydroxylation sites is 1. The van der Waals surface area contributed by atoms with Gasteiger partial charge in [0.25, 0.3) is 5.91 Å². The largest absolute Gasteiger partial charge is 0.368 e. The molecule has 1 amide bonds. The third kappa shape index (κ3) is 4.39. The van der Waals surface area contributed by atoms with Gasteiger partial charge in [0, 0.05) is 51.5 Å². The van der Waals surface area contributed by atoms with E-state index in [1.165, 1.54) is 24.2 Å². The summed E-state index contributed by atoms with van der Waals surface area (Å²) < 4.78 is 3.04. The number of rotatable bonds is 6. The molecule has 6 rings (SSSR count). The molecule has 0 radical (unpaired) electrons. The quantitative estimate of drug-likeness (QED) is 0.422. The van der Waals surface area contributed by atoms with E-state index in [4.69, 9.17) is 4.98 Å². The number of likely N-dealkylation sites (tertiary alicyclic amines) is 1. The summed E-state index contributed by atoms with van der Waals surface area (Å²) in [6.07, 6.45) is 4.22. The van der Waals surface area contributed by atoms with Gasteiger partial charge >= 0.3 is 0 Å². The first-order valence-corrected chi connectivity index (χ1v) is 14.2. The number of hydrogen-bond donors (Lipinski definition) is 1. The molecule has 2 fully saturated rings. The predicted molar refractivity (Wildman–Crippen MR) is 151 cm³/mol. The van der Waals surface area contributed by atoms with Crippen LogP contribution < -0.4 is 15.6 Å². The Morgan fingerprint density at radius 2 is 1.81 bits per heavy atom. The van der Waals surface area contributed by atoms with Crippen LogP contribution in [0.2, 0.25) is 0 Å². The fourth-order valence-electron chi connectivity index (χ4n) is 5.78. The van der Waals surface area contributed by atoms with Crippen LogP contribution in [0.1, 0.15) is 37.0 Å². The number of amides is 1. The summed E-state index contributed by atoms with van der Waals surface area (Å²) in [5, 5.41) is 3.59. The highest BCUT2D eigenvalue weighted by Crippen LogP contribution is 2.33. The Kier molecular flexibility index (Phi) is 6.60. The number of aromatic nitrogens is 2. The Labute approximate surface area is 220 Å². The van der Waals surface area contributed by atoms with Gasteiger partial charge in [-0.05, 0) is 58.0 Å². The molecule has 0 bridgehead atoms. The van der Waals surface area contributed by atoms with Crippen molar-refractivity contribution in [2.45, 2.75) is 32.7 Å². The first-order chi connectivity index (χ1) is 18.0. The maximum atomic E-state index is 14.2. The number of fused-ring (bicyclic) bond motifs is 5. The van der Waals surface area contributed by atoms with Crippen molar-refractivity contribution >= 4 is 49.0 Å². The SMILES string of the molecule is CC(C)N1CCN(c2ccnc3c2c(=O)c(C(=O)NCCN2CCCC2)c2sc4ccccc4n23)CC1. The van der Waals surface area contributed by atoms with Gasteiger partial charge in [-0.15, -0.1) is 11.3 Å². The molecule has 0 aliphatic carbocycles. The van der Waals surface area contributed by atoms with E-state index in [0.29, 0.717) is 28.5 Å². The van der Waals surface area contributed by atoms with Gasteiger partial charge in [0.05, 0.1) is 21.3 Å². The molecule has 5 heterocycles. The molecule has 37 heavy (non-hydrogen) atoms. The molecule has 0 unspecified atom stereocenters. The monoisotopic (exact) mass is 518 g/mol. The lowest BCUT2D eigenvalue weighted by Crippen LogP contribution is -2.49. The van der Waals surface area contributed by atoms with Crippen LogP contribution in [0, 0.1) is 0 Å². The Hall–Kier alpha value is -3.01. The van der Waals surface area contributed by atoms with Crippen molar-refractivity contribution in [3.8, 4) is 0 Å². The van der Waals surface area contributed by atoms with E-state index in [2.05, 4.69) is 33.9 Å². The fraction of sp³-hybridized carbons (Fsp3) is 0.464. The highest BCUT2D eigenvalue weighted by atomic mass is 32.1. The number of anilines is 1. The Morgan fingerprint density at radius 3 is 2.57 bits per heavy atom. The van der Waals surface area contributed by atoms with Crippen LogP contribution in [-0.2, 0) is 0 Å². The zero-order valence-corrected chi connectivity index (χ0v) is 22.4. The second-order valence-corrected chi connectivity index (χ2v) is 11.4. The lowest BCUT2D eigenvalue weighted by molar-refractivity contribution is 0.0950. The van der Waals surface area contributed by atoms with E-state index >= 15 is 0 Å². The van der Waals surface area contributed by atoms with Crippen LogP contribution in [0.3, 0.4) is 0 Å². The highest BCUT2D eigenvalue weighted by Gasteiger charge is 2.27. The lowest BCUT2D eigenvalue weighted by Gasteiger charge is -2.38. The van der Waals surface area contributed by atoms with Crippen molar-refractivity contribution < 1.29 is 4.79 Å². The lowest BCUT2D eigenvalue weighted by atomic mass is 10.1. The number of hydrogen-bond acceptors (Lipinski definition) is 7. The van der Waals surface area contributed by atoms with E-state index < -0.39 is 0 Å². The standard InChI is InChI=1S/C28H34N6O2S/c1-19(2)32-15-17-33(18-16-32)21-9-10-29-26-23(21)25(35)24(27(36)30-11-14-31-12-5-6-13-31)28-34(26)20-7-3-4-8-22(20)37-28/h3-4,7-10,19H,5-6,11-18H2,1-2H3,(H,30,36). The number of nitrogens with one attached hydrogen (secondary N) is 1. The molecule has 2 aliphatic rings. The van der Waals surface area contributed by atoms with Crippen LogP contribution >= 0.6 is 11.3 Å².